The summed E-state index contributed by atoms with van der Waals surface area (Å²) in [6, 6.07) is 0. The van der Waals surface area contributed by atoms with Crippen molar-refractivity contribution in [3.05, 3.63) is 0 Å². The Morgan fingerprint density at radius 1 is 1.18 bits per heavy atom. The van der Waals surface area contributed by atoms with Crippen molar-refractivity contribution in [3.8, 4) is 0 Å². The molecule has 0 atom stereocenters. The number of hydrogen-bond donors (Lipinski definition) is 0. The minimum atomic E-state index is -2.96. The van der Waals surface area contributed by atoms with Gasteiger partial charge in [-0.15, -0.1) is 23.2 Å². The maximum atomic E-state index is 11.0. The zero-order chi connectivity index (χ0) is 8.91. The highest BCUT2D eigenvalue weighted by molar-refractivity contribution is 7.91. The summed E-state index contributed by atoms with van der Waals surface area (Å²) in [6.45, 7) is 0. The van der Waals surface area contributed by atoms with Gasteiger partial charge in [-0.05, 0) is 12.8 Å². The largest absolute Gasteiger partial charge is 0.229 e. The third-order valence-electron chi connectivity index (χ3n) is 1.47. The summed E-state index contributed by atoms with van der Waals surface area (Å²) in [5.74, 6) is 0.739. The van der Waals surface area contributed by atoms with E-state index in [1.807, 2.05) is 0 Å². The van der Waals surface area contributed by atoms with Crippen LogP contribution in [0.3, 0.4) is 0 Å². The Morgan fingerprint density at radius 3 is 1.73 bits per heavy atom. The molecule has 0 unspecified atom stereocenters. The van der Waals surface area contributed by atoms with E-state index in [4.69, 9.17) is 23.2 Å². The monoisotopic (exact) mass is 218 g/mol. The van der Waals surface area contributed by atoms with Gasteiger partial charge in [-0.3, -0.25) is 0 Å². The molecule has 11 heavy (non-hydrogen) atoms. The van der Waals surface area contributed by atoms with Crippen LogP contribution in [0.15, 0.2) is 0 Å². The van der Waals surface area contributed by atoms with Crippen LogP contribution in [-0.2, 0) is 9.84 Å². The smallest absolute Gasteiger partial charge is 0.150 e. The van der Waals surface area contributed by atoms with Gasteiger partial charge in [-0.1, -0.05) is 0 Å². The second-order valence-corrected chi connectivity index (χ2v) is 5.49. The number of rotatable bonds is 5. The Kier molecular flexibility index (Phi) is 5.48. The molecule has 0 bridgehead atoms. The molecule has 0 radical (unpaired) electrons. The van der Waals surface area contributed by atoms with E-state index in [9.17, 15) is 8.42 Å². The number of sulfone groups is 1. The van der Waals surface area contributed by atoms with Gasteiger partial charge < -0.3 is 0 Å². The molecule has 0 heterocycles. The zero-order valence-electron chi connectivity index (χ0n) is 6.39. The molecule has 0 fully saturated rings. The average molecular weight is 219 g/mol. The van der Waals surface area contributed by atoms with E-state index in [-0.39, 0.29) is 5.25 Å². The highest BCUT2D eigenvalue weighted by atomic mass is 35.5. The summed E-state index contributed by atoms with van der Waals surface area (Å²) in [4.78, 5) is 0. The maximum Gasteiger partial charge on any atom is 0.150 e. The van der Waals surface area contributed by atoms with Crippen molar-refractivity contribution in [1.82, 2.24) is 0 Å². The topological polar surface area (TPSA) is 34.1 Å². The van der Waals surface area contributed by atoms with Gasteiger partial charge in [0.25, 0.3) is 0 Å². The number of alkyl halides is 2. The van der Waals surface area contributed by atoms with Gasteiger partial charge in [0.2, 0.25) is 0 Å². The fourth-order valence-corrected chi connectivity index (χ4v) is 2.69. The van der Waals surface area contributed by atoms with Crippen molar-refractivity contribution in [2.45, 2.75) is 18.1 Å². The Morgan fingerprint density at radius 2 is 1.55 bits per heavy atom. The number of halogens is 2. The molecule has 0 aromatic heterocycles. The minimum Gasteiger partial charge on any atom is -0.229 e. The molecule has 0 aliphatic rings. The Labute approximate surface area is 77.8 Å². The third kappa shape index (κ3) is 4.88. The van der Waals surface area contributed by atoms with Gasteiger partial charge in [-0.2, -0.15) is 0 Å². The van der Waals surface area contributed by atoms with Crippen molar-refractivity contribution >= 4 is 33.0 Å². The second-order valence-electron chi connectivity index (χ2n) is 2.41. The van der Waals surface area contributed by atoms with E-state index >= 15 is 0 Å². The second kappa shape index (κ2) is 5.22. The standard InChI is InChI=1S/C6H12Cl2O2S/c1-11(9,10)6(2-4-7)3-5-8/h6H,2-5H2,1H3. The predicted octanol–water partition coefficient (Wildman–Crippen LogP) is 1.66. The van der Waals surface area contributed by atoms with Gasteiger partial charge in [0.1, 0.15) is 9.84 Å². The molecule has 0 aromatic rings. The van der Waals surface area contributed by atoms with Gasteiger partial charge in [0, 0.05) is 18.0 Å². The van der Waals surface area contributed by atoms with Crippen molar-refractivity contribution < 1.29 is 8.42 Å². The van der Waals surface area contributed by atoms with Crippen LogP contribution in [0.2, 0.25) is 0 Å². The van der Waals surface area contributed by atoms with Crippen molar-refractivity contribution in [2.75, 3.05) is 18.0 Å². The maximum absolute atomic E-state index is 11.0. The molecule has 0 aromatic carbocycles. The van der Waals surface area contributed by atoms with Crippen LogP contribution in [0.5, 0.6) is 0 Å². The van der Waals surface area contributed by atoms with E-state index in [0.717, 1.165) is 0 Å². The molecule has 0 aliphatic heterocycles. The average Bonchev–Trinajstić information content (AvgIpc) is 1.85. The lowest BCUT2D eigenvalue weighted by molar-refractivity contribution is 0.578. The molecule has 0 N–H and O–H groups in total. The molecule has 0 aliphatic carbocycles. The van der Waals surface area contributed by atoms with Gasteiger partial charge in [-0.25, -0.2) is 8.42 Å². The molecule has 0 saturated carbocycles. The van der Waals surface area contributed by atoms with Gasteiger partial charge in [0.05, 0.1) is 5.25 Å². The van der Waals surface area contributed by atoms with Crippen LogP contribution in [0.1, 0.15) is 12.8 Å². The van der Waals surface area contributed by atoms with Crippen LogP contribution in [-0.4, -0.2) is 31.7 Å². The predicted molar refractivity (Wildman–Crippen MR) is 49.3 cm³/mol. The summed E-state index contributed by atoms with van der Waals surface area (Å²) in [7, 11) is -2.96. The van der Waals surface area contributed by atoms with E-state index in [0.29, 0.717) is 24.6 Å². The first kappa shape index (κ1) is 11.5. The first-order chi connectivity index (χ1) is 5.02. The van der Waals surface area contributed by atoms with Crippen molar-refractivity contribution in [3.63, 3.8) is 0 Å². The van der Waals surface area contributed by atoms with Crippen LogP contribution in [0.4, 0.5) is 0 Å². The summed E-state index contributed by atoms with van der Waals surface area (Å²) in [5, 5.41) is -0.363. The van der Waals surface area contributed by atoms with Crippen molar-refractivity contribution in [2.24, 2.45) is 0 Å². The number of hydrogen-bond acceptors (Lipinski definition) is 2. The summed E-state index contributed by atoms with van der Waals surface area (Å²) < 4.78 is 22.0. The lowest BCUT2D eigenvalue weighted by Crippen LogP contribution is -2.20. The van der Waals surface area contributed by atoms with Crippen LogP contribution in [0, 0.1) is 0 Å². The lowest BCUT2D eigenvalue weighted by atomic mass is 10.3. The fourth-order valence-electron chi connectivity index (χ4n) is 0.816. The molecule has 5 heteroatoms. The molecule has 0 spiro atoms. The quantitative estimate of drug-likeness (QED) is 0.659. The van der Waals surface area contributed by atoms with Crippen LogP contribution >= 0.6 is 23.2 Å². The molecule has 0 saturated heterocycles. The van der Waals surface area contributed by atoms with E-state index < -0.39 is 9.84 Å². The first-order valence-corrected chi connectivity index (χ1v) is 6.35. The lowest BCUT2D eigenvalue weighted by Gasteiger charge is -2.10. The molecule has 2 nitrogen and oxygen atoms in total. The Hall–Kier alpha value is 0.530. The van der Waals surface area contributed by atoms with Crippen LogP contribution in [0.25, 0.3) is 0 Å². The molecule has 0 amide bonds. The third-order valence-corrected chi connectivity index (χ3v) is 3.59. The Balaban J connectivity index is 4.11. The van der Waals surface area contributed by atoms with Gasteiger partial charge in [0.15, 0.2) is 0 Å². The van der Waals surface area contributed by atoms with E-state index in [1.165, 1.54) is 6.26 Å². The summed E-state index contributed by atoms with van der Waals surface area (Å²) in [6.07, 6.45) is 2.21. The normalized spacial score (nSPS) is 12.4. The van der Waals surface area contributed by atoms with Crippen LogP contribution < -0.4 is 0 Å². The van der Waals surface area contributed by atoms with Gasteiger partial charge >= 0.3 is 0 Å². The molecular formula is C6H12Cl2O2S. The van der Waals surface area contributed by atoms with E-state index in [2.05, 4.69) is 0 Å². The first-order valence-electron chi connectivity index (χ1n) is 3.33. The highest BCUT2D eigenvalue weighted by Crippen LogP contribution is 2.10. The minimum absolute atomic E-state index is 0.363. The zero-order valence-corrected chi connectivity index (χ0v) is 8.71. The molecule has 68 valence electrons. The SMILES string of the molecule is CS(=O)(=O)C(CCCl)CCCl. The molecule has 0 rings (SSSR count). The van der Waals surface area contributed by atoms with E-state index in [1.54, 1.807) is 0 Å². The summed E-state index contributed by atoms with van der Waals surface area (Å²) in [5.41, 5.74) is 0. The summed E-state index contributed by atoms with van der Waals surface area (Å²) >= 11 is 10.9. The Bertz CT molecular complexity index is 183. The van der Waals surface area contributed by atoms with Crippen molar-refractivity contribution in [1.29, 1.82) is 0 Å². The molecular weight excluding hydrogens is 207 g/mol. The fraction of sp³-hybridized carbons (Fsp3) is 1.00. The highest BCUT2D eigenvalue weighted by Gasteiger charge is 2.18.